The molecular weight excluding hydrogens is 267 g/mol. The zero-order valence-electron chi connectivity index (χ0n) is 7.21. The van der Waals surface area contributed by atoms with Crippen molar-refractivity contribution in [2.75, 3.05) is 0 Å². The summed E-state index contributed by atoms with van der Waals surface area (Å²) in [6, 6.07) is 1.86. The second-order valence-electron chi connectivity index (χ2n) is 2.89. The Hall–Kier alpha value is -0.740. The molecule has 3 nitrogen and oxygen atoms in total. The normalized spacial score (nSPS) is 13.0. The van der Waals surface area contributed by atoms with Crippen LogP contribution in [0.25, 0.3) is 0 Å². The standard InChI is InChI=1S/C9H8BrClN2O/c10-8-3-6(5-14-8)7(11)4-9-12-1-2-13-9/h1-3,5,7H,4H2,(H,12,13). The molecule has 0 aliphatic carbocycles. The summed E-state index contributed by atoms with van der Waals surface area (Å²) in [5.74, 6) is 0.877. The van der Waals surface area contributed by atoms with E-state index >= 15 is 0 Å². The van der Waals surface area contributed by atoms with Gasteiger partial charge in [0.25, 0.3) is 0 Å². The molecule has 0 fully saturated rings. The van der Waals surface area contributed by atoms with E-state index in [0.717, 1.165) is 11.4 Å². The molecule has 2 rings (SSSR count). The van der Waals surface area contributed by atoms with Crippen molar-refractivity contribution in [3.63, 3.8) is 0 Å². The Morgan fingerprint density at radius 3 is 3.07 bits per heavy atom. The van der Waals surface area contributed by atoms with Gasteiger partial charge in [0.15, 0.2) is 4.67 Å². The van der Waals surface area contributed by atoms with Gasteiger partial charge in [-0.3, -0.25) is 0 Å². The molecule has 0 saturated heterocycles. The summed E-state index contributed by atoms with van der Waals surface area (Å²) in [6.07, 6.45) is 5.81. The number of furan rings is 1. The number of hydrogen-bond acceptors (Lipinski definition) is 2. The molecule has 0 amide bonds. The predicted molar refractivity (Wildman–Crippen MR) is 57.3 cm³/mol. The third kappa shape index (κ3) is 2.19. The maximum atomic E-state index is 6.17. The number of imidazole rings is 1. The maximum Gasteiger partial charge on any atom is 0.169 e. The Labute approximate surface area is 94.6 Å². The predicted octanol–water partition coefficient (Wildman–Crippen LogP) is 3.29. The highest BCUT2D eigenvalue weighted by atomic mass is 79.9. The first kappa shape index (κ1) is 9.80. The number of H-pyrrole nitrogens is 1. The molecule has 1 N–H and O–H groups in total. The first-order chi connectivity index (χ1) is 6.75. The van der Waals surface area contributed by atoms with Gasteiger partial charge in [-0.25, -0.2) is 4.98 Å². The SMILES string of the molecule is ClC(Cc1ncc[nH]1)c1coc(Br)c1. The van der Waals surface area contributed by atoms with E-state index in [1.54, 1.807) is 18.7 Å². The Kier molecular flexibility index (Phi) is 2.93. The zero-order valence-corrected chi connectivity index (χ0v) is 9.55. The third-order valence-corrected chi connectivity index (χ3v) is 2.70. The van der Waals surface area contributed by atoms with Gasteiger partial charge in [-0.05, 0) is 22.0 Å². The molecule has 0 bridgehead atoms. The summed E-state index contributed by atoms with van der Waals surface area (Å²) in [6.45, 7) is 0. The molecule has 2 aromatic heterocycles. The topological polar surface area (TPSA) is 41.8 Å². The Morgan fingerprint density at radius 1 is 1.64 bits per heavy atom. The summed E-state index contributed by atoms with van der Waals surface area (Å²) in [7, 11) is 0. The van der Waals surface area contributed by atoms with Gasteiger partial charge in [0.05, 0.1) is 11.6 Å². The van der Waals surface area contributed by atoms with E-state index in [2.05, 4.69) is 25.9 Å². The molecule has 0 spiro atoms. The molecule has 5 heteroatoms. The lowest BCUT2D eigenvalue weighted by atomic mass is 10.2. The van der Waals surface area contributed by atoms with Crippen molar-refractivity contribution in [2.24, 2.45) is 0 Å². The van der Waals surface area contributed by atoms with Crippen LogP contribution in [0.4, 0.5) is 0 Å². The van der Waals surface area contributed by atoms with Gasteiger partial charge < -0.3 is 9.40 Å². The van der Waals surface area contributed by atoms with E-state index < -0.39 is 0 Å². The lowest BCUT2D eigenvalue weighted by molar-refractivity contribution is 0.538. The van der Waals surface area contributed by atoms with Crippen LogP contribution in [0.15, 0.2) is 33.8 Å². The number of aromatic nitrogens is 2. The summed E-state index contributed by atoms with van der Waals surface area (Å²) in [5.41, 5.74) is 0.954. The Morgan fingerprint density at radius 2 is 2.50 bits per heavy atom. The van der Waals surface area contributed by atoms with Crippen LogP contribution in [0.5, 0.6) is 0 Å². The Bertz CT molecular complexity index is 399. The fourth-order valence-electron chi connectivity index (χ4n) is 1.18. The molecule has 0 aliphatic rings. The van der Waals surface area contributed by atoms with Gasteiger partial charge in [0.1, 0.15) is 5.82 Å². The van der Waals surface area contributed by atoms with Crippen LogP contribution in [0.2, 0.25) is 0 Å². The van der Waals surface area contributed by atoms with Crippen LogP contribution in [0.3, 0.4) is 0 Å². The van der Waals surface area contributed by atoms with Crippen molar-refractivity contribution >= 4 is 27.5 Å². The molecule has 0 saturated carbocycles. The van der Waals surface area contributed by atoms with E-state index in [-0.39, 0.29) is 5.38 Å². The number of nitrogens with zero attached hydrogens (tertiary/aromatic N) is 1. The number of rotatable bonds is 3. The minimum atomic E-state index is -0.115. The van der Waals surface area contributed by atoms with Gasteiger partial charge in [-0.2, -0.15) is 0 Å². The van der Waals surface area contributed by atoms with Crippen molar-refractivity contribution in [1.29, 1.82) is 0 Å². The van der Waals surface area contributed by atoms with Crippen molar-refractivity contribution < 1.29 is 4.42 Å². The van der Waals surface area contributed by atoms with Crippen molar-refractivity contribution in [2.45, 2.75) is 11.8 Å². The first-order valence-electron chi connectivity index (χ1n) is 4.12. The molecule has 0 radical (unpaired) electrons. The van der Waals surface area contributed by atoms with Crippen LogP contribution in [0.1, 0.15) is 16.8 Å². The van der Waals surface area contributed by atoms with Crippen molar-refractivity contribution in [3.8, 4) is 0 Å². The summed E-state index contributed by atoms with van der Waals surface area (Å²) < 4.78 is 5.80. The number of aromatic amines is 1. The van der Waals surface area contributed by atoms with Crippen LogP contribution >= 0.6 is 27.5 Å². The largest absolute Gasteiger partial charge is 0.457 e. The number of nitrogens with one attached hydrogen (secondary N) is 1. The van der Waals surface area contributed by atoms with Crippen LogP contribution < -0.4 is 0 Å². The summed E-state index contributed by atoms with van der Waals surface area (Å²) >= 11 is 9.40. The van der Waals surface area contributed by atoms with Gasteiger partial charge in [0, 0.05) is 24.4 Å². The molecule has 14 heavy (non-hydrogen) atoms. The minimum absolute atomic E-state index is 0.115. The number of alkyl halides is 1. The summed E-state index contributed by atoms with van der Waals surface area (Å²) in [4.78, 5) is 7.11. The highest BCUT2D eigenvalue weighted by Gasteiger charge is 2.12. The van der Waals surface area contributed by atoms with Crippen molar-refractivity contribution in [1.82, 2.24) is 9.97 Å². The summed E-state index contributed by atoms with van der Waals surface area (Å²) in [5, 5.41) is -0.115. The highest BCUT2D eigenvalue weighted by molar-refractivity contribution is 9.10. The lowest BCUT2D eigenvalue weighted by Crippen LogP contribution is -1.95. The molecule has 2 aromatic rings. The Balaban J connectivity index is 2.06. The molecule has 74 valence electrons. The van der Waals surface area contributed by atoms with Gasteiger partial charge >= 0.3 is 0 Å². The van der Waals surface area contributed by atoms with E-state index in [1.807, 2.05) is 6.07 Å². The molecule has 1 atom stereocenters. The quantitative estimate of drug-likeness (QED) is 0.873. The van der Waals surface area contributed by atoms with Gasteiger partial charge in [0.2, 0.25) is 0 Å². The molecule has 0 aliphatic heterocycles. The fourth-order valence-corrected chi connectivity index (χ4v) is 1.80. The van der Waals surface area contributed by atoms with Crippen LogP contribution in [-0.2, 0) is 6.42 Å². The molecule has 1 unspecified atom stereocenters. The van der Waals surface area contributed by atoms with E-state index in [1.165, 1.54) is 0 Å². The van der Waals surface area contributed by atoms with Crippen molar-refractivity contribution in [3.05, 3.63) is 40.8 Å². The van der Waals surface area contributed by atoms with E-state index in [4.69, 9.17) is 16.0 Å². The number of halogens is 2. The average Bonchev–Trinajstić information content (AvgIpc) is 2.75. The van der Waals surface area contributed by atoms with Crippen LogP contribution in [-0.4, -0.2) is 9.97 Å². The third-order valence-electron chi connectivity index (χ3n) is 1.88. The lowest BCUT2D eigenvalue weighted by Gasteiger charge is -2.03. The second kappa shape index (κ2) is 4.19. The van der Waals surface area contributed by atoms with Crippen LogP contribution in [0, 0.1) is 0 Å². The molecule has 2 heterocycles. The minimum Gasteiger partial charge on any atom is -0.457 e. The molecular formula is C9H8BrClN2O. The monoisotopic (exact) mass is 274 g/mol. The van der Waals surface area contributed by atoms with Gasteiger partial charge in [-0.1, -0.05) is 0 Å². The fraction of sp³-hybridized carbons (Fsp3) is 0.222. The number of hydrogen-bond donors (Lipinski definition) is 1. The zero-order chi connectivity index (χ0) is 9.97. The first-order valence-corrected chi connectivity index (χ1v) is 5.35. The van der Waals surface area contributed by atoms with E-state index in [0.29, 0.717) is 11.1 Å². The molecule has 0 aromatic carbocycles. The highest BCUT2D eigenvalue weighted by Crippen LogP contribution is 2.27. The van der Waals surface area contributed by atoms with E-state index in [9.17, 15) is 0 Å². The second-order valence-corrected chi connectivity index (χ2v) is 4.20. The maximum absolute atomic E-state index is 6.17. The van der Waals surface area contributed by atoms with Gasteiger partial charge in [-0.15, -0.1) is 11.6 Å². The average molecular weight is 276 g/mol. The smallest absolute Gasteiger partial charge is 0.169 e.